The Morgan fingerprint density at radius 3 is 2.92 bits per heavy atom. The van der Waals surface area contributed by atoms with Crippen molar-refractivity contribution in [1.29, 1.82) is 0 Å². The highest BCUT2D eigenvalue weighted by Crippen LogP contribution is 2.30. The molecule has 0 heterocycles. The van der Waals surface area contributed by atoms with Crippen LogP contribution in [0.5, 0.6) is 0 Å². The summed E-state index contributed by atoms with van der Waals surface area (Å²) in [7, 11) is 0. The molecule has 0 N–H and O–H groups in total. The van der Waals surface area contributed by atoms with Gasteiger partial charge >= 0.3 is 5.97 Å². The second-order valence-electron chi connectivity index (χ2n) is 3.00. The molecule has 0 aromatic heterocycles. The molecule has 0 saturated heterocycles. The van der Waals surface area contributed by atoms with Gasteiger partial charge in [0.1, 0.15) is 0 Å². The smallest absolute Gasteiger partial charge is 0.333 e. The minimum Gasteiger partial charge on any atom is -0.463 e. The quantitative estimate of drug-likeness (QED) is 0.441. The summed E-state index contributed by atoms with van der Waals surface area (Å²) in [5.74, 6) is 0.232. The maximum Gasteiger partial charge on any atom is 0.333 e. The number of rotatable bonds is 2. The maximum atomic E-state index is 11.3. The zero-order valence-electron chi connectivity index (χ0n) is 7.34. The van der Waals surface area contributed by atoms with E-state index < -0.39 is 0 Å². The summed E-state index contributed by atoms with van der Waals surface area (Å²) in [6.07, 6.45) is 3.08. The van der Waals surface area contributed by atoms with Crippen molar-refractivity contribution in [2.45, 2.75) is 24.2 Å². The summed E-state index contributed by atoms with van der Waals surface area (Å²) in [6.45, 7) is 4.37. The van der Waals surface area contributed by atoms with Gasteiger partial charge < -0.3 is 4.74 Å². The van der Waals surface area contributed by atoms with Crippen molar-refractivity contribution in [2.75, 3.05) is 6.61 Å². The fraction of sp³-hybridized carbons (Fsp3) is 0.667. The molecule has 0 aromatic carbocycles. The van der Waals surface area contributed by atoms with Gasteiger partial charge in [-0.15, -0.1) is 0 Å². The lowest BCUT2D eigenvalue weighted by molar-refractivity contribution is -0.139. The van der Waals surface area contributed by atoms with Crippen LogP contribution in [0.1, 0.15) is 20.3 Å². The molecule has 0 amide bonds. The van der Waals surface area contributed by atoms with Crippen molar-refractivity contribution >= 4 is 28.6 Å². The van der Waals surface area contributed by atoms with Crippen LogP contribution in [0, 0.1) is 5.92 Å². The molecule has 1 aliphatic rings. The third-order valence-electron chi connectivity index (χ3n) is 1.98. The van der Waals surface area contributed by atoms with E-state index >= 15 is 0 Å². The number of hydrogen-bond acceptors (Lipinski definition) is 2. The van der Waals surface area contributed by atoms with Gasteiger partial charge in [-0.3, -0.25) is 0 Å². The van der Waals surface area contributed by atoms with Crippen LogP contribution in [-0.4, -0.2) is 16.5 Å². The lowest BCUT2D eigenvalue weighted by atomic mass is 10.1. The van der Waals surface area contributed by atoms with Crippen LogP contribution in [0.3, 0.4) is 0 Å². The van der Waals surface area contributed by atoms with Gasteiger partial charge in [0.25, 0.3) is 0 Å². The normalized spacial score (nSPS) is 28.4. The first-order valence-corrected chi connectivity index (χ1v) is 5.42. The summed E-state index contributed by atoms with van der Waals surface area (Å²) in [5.41, 5.74) is 0.858. The van der Waals surface area contributed by atoms with Crippen molar-refractivity contribution in [3.05, 3.63) is 11.6 Å². The molecule has 2 nitrogen and oxygen atoms in total. The van der Waals surface area contributed by atoms with E-state index in [0.29, 0.717) is 16.4 Å². The fourth-order valence-electron chi connectivity index (χ4n) is 1.38. The lowest BCUT2D eigenvalue weighted by Crippen LogP contribution is -2.10. The van der Waals surface area contributed by atoms with Crippen LogP contribution in [0.15, 0.2) is 11.6 Å². The molecular formula is C9H13IO2. The van der Waals surface area contributed by atoms with Gasteiger partial charge in [-0.05, 0) is 19.3 Å². The number of hydrogen-bond donors (Lipinski definition) is 0. The van der Waals surface area contributed by atoms with Crippen molar-refractivity contribution in [3.8, 4) is 0 Å². The molecule has 2 unspecified atom stereocenters. The molecule has 12 heavy (non-hydrogen) atoms. The Balaban J connectivity index is 2.61. The van der Waals surface area contributed by atoms with Crippen molar-refractivity contribution in [2.24, 2.45) is 5.92 Å². The monoisotopic (exact) mass is 280 g/mol. The van der Waals surface area contributed by atoms with Crippen LogP contribution in [0.25, 0.3) is 0 Å². The number of ether oxygens (including phenoxy) is 1. The van der Waals surface area contributed by atoms with E-state index in [1.165, 1.54) is 0 Å². The zero-order chi connectivity index (χ0) is 9.14. The third kappa shape index (κ3) is 2.21. The summed E-state index contributed by atoms with van der Waals surface area (Å²) >= 11 is 2.34. The Hall–Kier alpha value is -0.0600. The summed E-state index contributed by atoms with van der Waals surface area (Å²) in [5, 5.41) is 0. The zero-order valence-corrected chi connectivity index (χ0v) is 9.50. The van der Waals surface area contributed by atoms with Crippen LogP contribution < -0.4 is 0 Å². The predicted octanol–water partition coefficient (Wildman–Crippen LogP) is 2.32. The molecule has 0 fully saturated rings. The number of carbonyl (C=O) groups is 1. The van der Waals surface area contributed by atoms with Gasteiger partial charge in [0.05, 0.1) is 6.61 Å². The highest BCUT2D eigenvalue weighted by atomic mass is 127. The standard InChI is InChI=1S/C9H13IO2/c1-3-12-9(11)8-5-7(10)4-6(8)2/h5-7H,3-4H2,1-2H3. The number of esters is 1. The largest absolute Gasteiger partial charge is 0.463 e. The van der Waals surface area contributed by atoms with Crippen LogP contribution in [0.4, 0.5) is 0 Å². The van der Waals surface area contributed by atoms with E-state index in [9.17, 15) is 4.79 Å². The molecule has 0 bridgehead atoms. The van der Waals surface area contributed by atoms with Gasteiger partial charge in [0.15, 0.2) is 0 Å². The molecule has 0 saturated carbocycles. The Bertz CT molecular complexity index is 211. The Kier molecular flexibility index (Phi) is 3.55. The first kappa shape index (κ1) is 10.0. The lowest BCUT2D eigenvalue weighted by Gasteiger charge is -2.07. The van der Waals surface area contributed by atoms with Crippen LogP contribution >= 0.6 is 22.6 Å². The molecule has 1 aliphatic carbocycles. The average molecular weight is 280 g/mol. The number of halogens is 1. The molecular weight excluding hydrogens is 267 g/mol. The van der Waals surface area contributed by atoms with Gasteiger partial charge in [-0.2, -0.15) is 0 Å². The summed E-state index contributed by atoms with van der Waals surface area (Å²) < 4.78 is 5.43. The first-order valence-electron chi connectivity index (χ1n) is 4.18. The first-order chi connectivity index (χ1) is 5.65. The van der Waals surface area contributed by atoms with Crippen molar-refractivity contribution < 1.29 is 9.53 Å². The maximum absolute atomic E-state index is 11.3. The molecule has 0 aromatic rings. The number of carbonyl (C=O) groups excluding carboxylic acids is 1. The Morgan fingerprint density at radius 2 is 2.50 bits per heavy atom. The molecule has 2 atom stereocenters. The summed E-state index contributed by atoms with van der Waals surface area (Å²) in [4.78, 5) is 11.3. The van der Waals surface area contributed by atoms with Crippen molar-refractivity contribution in [3.63, 3.8) is 0 Å². The molecule has 1 rings (SSSR count). The average Bonchev–Trinajstić information content (AvgIpc) is 2.30. The van der Waals surface area contributed by atoms with E-state index in [4.69, 9.17) is 4.74 Å². The van der Waals surface area contributed by atoms with E-state index in [0.717, 1.165) is 12.0 Å². The Morgan fingerprint density at radius 1 is 1.83 bits per heavy atom. The second kappa shape index (κ2) is 4.25. The highest BCUT2D eigenvalue weighted by Gasteiger charge is 2.26. The third-order valence-corrected chi connectivity index (χ3v) is 2.85. The predicted molar refractivity (Wildman–Crippen MR) is 56.3 cm³/mol. The Labute approximate surface area is 86.5 Å². The topological polar surface area (TPSA) is 26.3 Å². The molecule has 68 valence electrons. The van der Waals surface area contributed by atoms with Gasteiger partial charge in [-0.1, -0.05) is 35.6 Å². The molecule has 0 radical (unpaired) electrons. The molecule has 3 heteroatoms. The van der Waals surface area contributed by atoms with Gasteiger partial charge in [-0.25, -0.2) is 4.79 Å². The minimum atomic E-state index is -0.135. The van der Waals surface area contributed by atoms with E-state index in [1.54, 1.807) is 0 Å². The summed E-state index contributed by atoms with van der Waals surface area (Å²) in [6, 6.07) is 0. The van der Waals surface area contributed by atoms with Crippen LogP contribution in [0.2, 0.25) is 0 Å². The van der Waals surface area contributed by atoms with Gasteiger partial charge in [0.2, 0.25) is 0 Å². The second-order valence-corrected chi connectivity index (χ2v) is 4.60. The minimum absolute atomic E-state index is 0.135. The van der Waals surface area contributed by atoms with E-state index in [2.05, 4.69) is 29.5 Å². The highest BCUT2D eigenvalue weighted by molar-refractivity contribution is 14.1. The van der Waals surface area contributed by atoms with E-state index in [-0.39, 0.29) is 5.97 Å². The number of allylic oxidation sites excluding steroid dienone is 1. The number of alkyl halides is 1. The van der Waals surface area contributed by atoms with Crippen LogP contribution in [-0.2, 0) is 9.53 Å². The van der Waals surface area contributed by atoms with Gasteiger partial charge in [0, 0.05) is 9.50 Å². The van der Waals surface area contributed by atoms with E-state index in [1.807, 2.05) is 13.0 Å². The fourth-order valence-corrected chi connectivity index (χ4v) is 2.53. The molecule has 0 spiro atoms. The molecule has 0 aliphatic heterocycles. The van der Waals surface area contributed by atoms with Crippen molar-refractivity contribution in [1.82, 2.24) is 0 Å². The SMILES string of the molecule is CCOC(=O)C1=CC(I)CC1C.